The number of aryl methyl sites for hydroxylation is 1. The molecule has 4 rings (SSSR count). The maximum Gasteiger partial charge on any atom is 0.491 e. The van der Waals surface area contributed by atoms with Gasteiger partial charge in [-0.2, -0.15) is 13.2 Å². The number of carbonyl (C=O) groups excluding carboxylic acids is 1. The van der Waals surface area contributed by atoms with E-state index in [4.69, 9.17) is 14.2 Å². The van der Waals surface area contributed by atoms with Gasteiger partial charge in [0.1, 0.15) is 11.6 Å². The number of alkyl halides is 3. The molecule has 0 radical (unpaired) electrons. The van der Waals surface area contributed by atoms with E-state index in [0.29, 0.717) is 28.2 Å². The summed E-state index contributed by atoms with van der Waals surface area (Å²) in [6, 6.07) is 14.1. The van der Waals surface area contributed by atoms with Gasteiger partial charge in [0.15, 0.2) is 11.5 Å². The van der Waals surface area contributed by atoms with Crippen molar-refractivity contribution >= 4 is 5.97 Å². The largest absolute Gasteiger partial charge is 0.493 e. The molecule has 6 nitrogen and oxygen atoms in total. The zero-order valence-corrected chi connectivity index (χ0v) is 20.4. The first-order valence-electron chi connectivity index (χ1n) is 11.6. The molecule has 2 unspecified atom stereocenters. The molecule has 1 fully saturated rings. The van der Waals surface area contributed by atoms with Crippen LogP contribution < -0.4 is 20.1 Å². The van der Waals surface area contributed by atoms with Crippen molar-refractivity contribution in [2.24, 2.45) is 0 Å². The van der Waals surface area contributed by atoms with Gasteiger partial charge in [-0.1, -0.05) is 30.3 Å². The van der Waals surface area contributed by atoms with Crippen molar-refractivity contribution in [3.8, 4) is 11.5 Å². The van der Waals surface area contributed by atoms with Crippen molar-refractivity contribution in [3.05, 3.63) is 95.1 Å². The van der Waals surface area contributed by atoms with Crippen molar-refractivity contribution in [2.45, 2.75) is 37.0 Å². The highest BCUT2D eigenvalue weighted by Crippen LogP contribution is 2.40. The molecule has 3 aromatic rings. The van der Waals surface area contributed by atoms with Gasteiger partial charge >= 0.3 is 12.1 Å². The van der Waals surface area contributed by atoms with Crippen molar-refractivity contribution in [2.75, 3.05) is 14.2 Å². The predicted molar refractivity (Wildman–Crippen MR) is 127 cm³/mol. The summed E-state index contributed by atoms with van der Waals surface area (Å²) in [6.07, 6.45) is -5.30. The standard InChI is InChI=1S/C27H25F5N2O4/c1-36-21-10-9-16(13-22(21)37-2)11-12-26(38-25(35)27(30,31)32)33-23(17-5-3-7-19(28)14-17)24(34-26)18-6-4-8-20(29)15-18/h3-10,13-15,23-24,33-34H,11-12H2,1-2H3. The van der Waals surface area contributed by atoms with Gasteiger partial charge in [-0.05, 0) is 59.5 Å². The third-order valence-electron chi connectivity index (χ3n) is 6.24. The summed E-state index contributed by atoms with van der Waals surface area (Å²) < 4.78 is 83.7. The molecule has 3 aromatic carbocycles. The predicted octanol–water partition coefficient (Wildman–Crippen LogP) is 5.35. The molecule has 0 bridgehead atoms. The second kappa shape index (κ2) is 11.0. The number of carbonyl (C=O) groups is 1. The SMILES string of the molecule is COc1ccc(CCC2(OC(=O)C(F)(F)F)NC(c3cccc(F)c3)C(c3cccc(F)c3)N2)cc1OC. The third-order valence-corrected chi connectivity index (χ3v) is 6.24. The number of benzene rings is 3. The second-order valence-electron chi connectivity index (χ2n) is 8.76. The summed E-state index contributed by atoms with van der Waals surface area (Å²) in [4.78, 5) is 12.0. The molecule has 202 valence electrons. The summed E-state index contributed by atoms with van der Waals surface area (Å²) in [5.41, 5.74) is 1.39. The van der Waals surface area contributed by atoms with Crippen LogP contribution in [0.15, 0.2) is 66.7 Å². The first-order valence-corrected chi connectivity index (χ1v) is 11.6. The number of hydrogen-bond donors (Lipinski definition) is 2. The zero-order chi connectivity index (χ0) is 27.5. The van der Waals surface area contributed by atoms with Crippen LogP contribution in [0.2, 0.25) is 0 Å². The fourth-order valence-electron chi connectivity index (χ4n) is 4.49. The smallest absolute Gasteiger partial charge is 0.491 e. The molecular weight excluding hydrogens is 511 g/mol. The number of halogens is 5. The van der Waals surface area contributed by atoms with Gasteiger partial charge in [0.25, 0.3) is 0 Å². The van der Waals surface area contributed by atoms with Crippen LogP contribution in [0, 0.1) is 11.6 Å². The average molecular weight is 536 g/mol. The Morgan fingerprint density at radius 2 is 1.39 bits per heavy atom. The van der Waals surface area contributed by atoms with Crippen LogP contribution in [0.25, 0.3) is 0 Å². The molecule has 2 atom stereocenters. The fraction of sp³-hybridized carbons (Fsp3) is 0.296. The molecule has 1 heterocycles. The molecule has 0 aliphatic carbocycles. The normalized spacial score (nSPS) is 21.2. The van der Waals surface area contributed by atoms with Gasteiger partial charge in [-0.15, -0.1) is 0 Å². The maximum absolute atomic E-state index is 14.1. The molecule has 38 heavy (non-hydrogen) atoms. The number of esters is 1. The van der Waals surface area contributed by atoms with Crippen molar-refractivity contribution in [3.63, 3.8) is 0 Å². The van der Waals surface area contributed by atoms with E-state index in [2.05, 4.69) is 10.6 Å². The first-order chi connectivity index (χ1) is 18.0. The van der Waals surface area contributed by atoms with Gasteiger partial charge in [-0.3, -0.25) is 10.6 Å². The molecule has 11 heteroatoms. The molecule has 1 aliphatic rings. The fourth-order valence-corrected chi connectivity index (χ4v) is 4.49. The molecule has 1 saturated heterocycles. The van der Waals surface area contributed by atoms with Crippen LogP contribution >= 0.6 is 0 Å². The molecule has 2 N–H and O–H groups in total. The van der Waals surface area contributed by atoms with Crippen LogP contribution in [0.5, 0.6) is 11.5 Å². The van der Waals surface area contributed by atoms with Crippen molar-refractivity contribution in [1.82, 2.24) is 10.6 Å². The minimum absolute atomic E-state index is 0.136. The molecular formula is C27H25F5N2O4. The second-order valence-corrected chi connectivity index (χ2v) is 8.76. The molecule has 0 aromatic heterocycles. The Kier molecular flexibility index (Phi) is 7.89. The lowest BCUT2D eigenvalue weighted by molar-refractivity contribution is -0.219. The first kappa shape index (κ1) is 27.3. The Morgan fingerprint density at radius 1 is 0.842 bits per heavy atom. The van der Waals surface area contributed by atoms with Crippen LogP contribution in [0.3, 0.4) is 0 Å². The van der Waals surface area contributed by atoms with E-state index in [1.165, 1.54) is 50.6 Å². The lowest BCUT2D eigenvalue weighted by Crippen LogP contribution is -2.55. The summed E-state index contributed by atoms with van der Waals surface area (Å²) in [6.45, 7) is 0. The number of ether oxygens (including phenoxy) is 3. The highest BCUT2D eigenvalue weighted by Gasteiger charge is 2.52. The minimum Gasteiger partial charge on any atom is -0.493 e. The highest BCUT2D eigenvalue weighted by molar-refractivity contribution is 5.76. The van der Waals surface area contributed by atoms with E-state index in [0.717, 1.165) is 0 Å². The van der Waals surface area contributed by atoms with Crippen LogP contribution in [-0.2, 0) is 16.0 Å². The van der Waals surface area contributed by atoms with E-state index < -0.39 is 41.7 Å². The Labute approximate surface area is 215 Å². The number of methoxy groups -OCH3 is 2. The Balaban J connectivity index is 1.73. The van der Waals surface area contributed by atoms with E-state index in [1.807, 2.05) is 0 Å². The van der Waals surface area contributed by atoms with Crippen LogP contribution in [0.4, 0.5) is 22.0 Å². The quantitative estimate of drug-likeness (QED) is 0.299. The Morgan fingerprint density at radius 3 is 1.87 bits per heavy atom. The van der Waals surface area contributed by atoms with Gasteiger partial charge in [-0.25, -0.2) is 13.6 Å². The Hall–Kier alpha value is -3.70. The molecule has 0 saturated carbocycles. The van der Waals surface area contributed by atoms with Crippen molar-refractivity contribution < 1.29 is 41.0 Å². The lowest BCUT2D eigenvalue weighted by atomic mass is 9.95. The maximum atomic E-state index is 14.1. The average Bonchev–Trinajstić information content (AvgIpc) is 3.26. The minimum atomic E-state index is -5.27. The van der Waals surface area contributed by atoms with E-state index in [1.54, 1.807) is 30.3 Å². The van der Waals surface area contributed by atoms with Gasteiger partial charge in [0.05, 0.1) is 26.3 Å². The van der Waals surface area contributed by atoms with Gasteiger partial charge in [0.2, 0.25) is 5.85 Å². The number of hydrogen-bond acceptors (Lipinski definition) is 6. The number of rotatable bonds is 8. The monoisotopic (exact) mass is 536 g/mol. The van der Waals surface area contributed by atoms with E-state index >= 15 is 0 Å². The van der Waals surface area contributed by atoms with Gasteiger partial charge < -0.3 is 14.2 Å². The summed E-state index contributed by atoms with van der Waals surface area (Å²) >= 11 is 0. The van der Waals surface area contributed by atoms with Crippen LogP contribution in [0.1, 0.15) is 35.2 Å². The molecule has 0 amide bonds. The van der Waals surface area contributed by atoms with Gasteiger partial charge in [0, 0.05) is 6.42 Å². The Bertz CT molecular complexity index is 1250. The summed E-state index contributed by atoms with van der Waals surface area (Å²) in [5, 5.41) is 5.88. The third kappa shape index (κ3) is 6.05. The summed E-state index contributed by atoms with van der Waals surface area (Å²) in [7, 11) is 2.91. The zero-order valence-electron chi connectivity index (χ0n) is 20.4. The highest BCUT2D eigenvalue weighted by atomic mass is 19.4. The van der Waals surface area contributed by atoms with Crippen molar-refractivity contribution in [1.29, 1.82) is 0 Å². The lowest BCUT2D eigenvalue weighted by Gasteiger charge is -2.31. The van der Waals surface area contributed by atoms with Crippen LogP contribution in [-0.4, -0.2) is 32.2 Å². The van der Waals surface area contributed by atoms with E-state index in [-0.39, 0.29) is 12.8 Å². The van der Waals surface area contributed by atoms with E-state index in [9.17, 15) is 26.7 Å². The molecule has 1 aliphatic heterocycles. The number of nitrogens with one attached hydrogen (secondary N) is 2. The topological polar surface area (TPSA) is 68.8 Å². The summed E-state index contributed by atoms with van der Waals surface area (Å²) in [5.74, 6) is -4.72. The molecule has 0 spiro atoms.